The van der Waals surface area contributed by atoms with Crippen LogP contribution in [0.15, 0.2) is 47.1 Å². The lowest BCUT2D eigenvalue weighted by Gasteiger charge is -2.46. The zero-order valence-electron chi connectivity index (χ0n) is 25.9. The quantitative estimate of drug-likeness (QED) is 0.220. The molecule has 1 unspecified atom stereocenters. The van der Waals surface area contributed by atoms with Crippen molar-refractivity contribution in [2.45, 2.75) is 97.6 Å². The molecule has 2 saturated carbocycles. The number of rotatable bonds is 3. The summed E-state index contributed by atoms with van der Waals surface area (Å²) in [6, 6.07) is 0. The monoisotopic (exact) mass is 590 g/mol. The van der Waals surface area contributed by atoms with Gasteiger partial charge in [0.05, 0.1) is 16.9 Å². The minimum atomic E-state index is -1.21. The van der Waals surface area contributed by atoms with Gasteiger partial charge in [-0.3, -0.25) is 14.4 Å². The van der Waals surface area contributed by atoms with Gasteiger partial charge < -0.3 is 19.3 Å². The first-order valence-electron chi connectivity index (χ1n) is 15.7. The van der Waals surface area contributed by atoms with Crippen LogP contribution < -0.4 is 0 Å². The number of hydrogen-bond donors (Lipinski definition) is 1. The average Bonchev–Trinajstić information content (AvgIpc) is 3.57. The van der Waals surface area contributed by atoms with Crippen LogP contribution in [-0.2, 0) is 33.4 Å². The van der Waals surface area contributed by atoms with E-state index < -0.39 is 69.9 Å². The van der Waals surface area contributed by atoms with Gasteiger partial charge >= 0.3 is 17.9 Å². The highest BCUT2D eigenvalue weighted by Gasteiger charge is 2.84. The number of hydrogen-bond acceptors (Lipinski definition) is 8. The Morgan fingerprint density at radius 3 is 2.56 bits per heavy atom. The van der Waals surface area contributed by atoms with Crippen molar-refractivity contribution in [1.82, 2.24) is 0 Å². The van der Waals surface area contributed by atoms with E-state index in [1.165, 1.54) is 0 Å². The first-order valence-corrected chi connectivity index (χ1v) is 15.7. The fourth-order valence-electron chi connectivity index (χ4n) is 10.7. The van der Waals surface area contributed by atoms with Gasteiger partial charge in [-0.15, -0.1) is 0 Å². The molecule has 2 bridgehead atoms. The van der Waals surface area contributed by atoms with Crippen molar-refractivity contribution >= 4 is 23.7 Å². The van der Waals surface area contributed by atoms with Crippen LogP contribution in [0, 0.1) is 45.8 Å². The molecule has 1 N–H and O–H groups in total. The van der Waals surface area contributed by atoms with Crippen molar-refractivity contribution in [1.29, 1.82) is 0 Å². The van der Waals surface area contributed by atoms with Gasteiger partial charge in [0.25, 0.3) is 0 Å². The third kappa shape index (κ3) is 3.36. The van der Waals surface area contributed by atoms with Crippen LogP contribution in [0.3, 0.4) is 0 Å². The van der Waals surface area contributed by atoms with Gasteiger partial charge in [-0.1, -0.05) is 50.6 Å². The molecule has 43 heavy (non-hydrogen) atoms. The highest BCUT2D eigenvalue weighted by atomic mass is 16.6. The molecule has 2 heterocycles. The van der Waals surface area contributed by atoms with Crippen molar-refractivity contribution in [2.24, 2.45) is 45.8 Å². The van der Waals surface area contributed by atoms with E-state index in [0.29, 0.717) is 30.4 Å². The number of aliphatic hydroxyl groups is 1. The number of esters is 3. The van der Waals surface area contributed by atoms with Gasteiger partial charge in [0, 0.05) is 52.6 Å². The van der Waals surface area contributed by atoms with E-state index >= 15 is 0 Å². The Hall–Kier alpha value is -3.00. The lowest BCUT2D eigenvalue weighted by Crippen LogP contribution is -2.53. The Morgan fingerprint density at radius 1 is 1.14 bits per heavy atom. The molecule has 0 aromatic carbocycles. The number of allylic oxidation sites excluding steroid dienone is 2. The van der Waals surface area contributed by atoms with Gasteiger partial charge in [-0.2, -0.15) is 0 Å². The van der Waals surface area contributed by atoms with Crippen molar-refractivity contribution in [3.63, 3.8) is 0 Å². The van der Waals surface area contributed by atoms with Gasteiger partial charge in [0.1, 0.15) is 18.3 Å². The van der Waals surface area contributed by atoms with Crippen LogP contribution in [0.4, 0.5) is 0 Å². The number of carbonyl (C=O) groups is 4. The van der Waals surface area contributed by atoms with Crippen LogP contribution >= 0.6 is 0 Å². The lowest BCUT2D eigenvalue weighted by atomic mass is 9.54. The molecule has 11 atom stereocenters. The molecule has 7 aliphatic rings. The second-order valence-electron chi connectivity index (χ2n) is 15.2. The Labute approximate surface area is 252 Å². The minimum Gasteiger partial charge on any atom is -0.462 e. The molecule has 0 radical (unpaired) electrons. The van der Waals surface area contributed by atoms with E-state index in [9.17, 15) is 24.3 Å². The van der Waals surface area contributed by atoms with Gasteiger partial charge in [-0.05, 0) is 52.0 Å². The molecule has 8 nitrogen and oxygen atoms in total. The highest BCUT2D eigenvalue weighted by Crippen LogP contribution is 2.80. The van der Waals surface area contributed by atoms with Crippen molar-refractivity contribution in [2.75, 3.05) is 0 Å². The third-order valence-corrected chi connectivity index (χ3v) is 12.6. The summed E-state index contributed by atoms with van der Waals surface area (Å²) in [7, 11) is 0. The summed E-state index contributed by atoms with van der Waals surface area (Å²) in [4.78, 5) is 54.1. The predicted molar refractivity (Wildman–Crippen MR) is 155 cm³/mol. The molecule has 5 aliphatic carbocycles. The van der Waals surface area contributed by atoms with Gasteiger partial charge in [0.2, 0.25) is 0 Å². The maximum Gasteiger partial charge on any atom is 0.334 e. The fraction of sp³-hybridized carbons (Fsp3) is 0.657. The fourth-order valence-corrected chi connectivity index (χ4v) is 10.7. The Kier molecular flexibility index (Phi) is 5.88. The predicted octanol–water partition coefficient (Wildman–Crippen LogP) is 4.56. The maximum absolute atomic E-state index is 14.7. The summed E-state index contributed by atoms with van der Waals surface area (Å²) in [5.74, 6) is -2.87. The number of fused-ring (bicyclic) bond motifs is 6. The normalized spacial score (nSPS) is 47.6. The standard InChI is InChI=1S/C35H42O8/c1-16(2)12-23(37)41-22-14-18(4)24-21(36)13-17(3)25(24)28-26(22)35(31(39)43-28)15-34-11-10-32(35,6)29(34)27-20(8-9-33(34,7)40)19(5)30(38)42-27/h10-11,13,16,20,22,25-29,40H,5,8-9,12,14-15H2,1-4,6-7H3/t20-,22-,25-,26+,27-,28+,29-,32+,33+,34+,35?/m0/s1. The van der Waals surface area contributed by atoms with Crippen molar-refractivity contribution < 1.29 is 38.5 Å². The summed E-state index contributed by atoms with van der Waals surface area (Å²) in [6.45, 7) is 15.6. The number of ether oxygens (including phenoxy) is 3. The second-order valence-corrected chi connectivity index (χ2v) is 15.2. The zero-order chi connectivity index (χ0) is 31.0. The summed E-state index contributed by atoms with van der Waals surface area (Å²) in [5, 5.41) is 12.3. The molecular formula is C35H42O8. The third-order valence-electron chi connectivity index (χ3n) is 12.6. The molecule has 1 spiro atoms. The smallest absolute Gasteiger partial charge is 0.334 e. The van der Waals surface area contributed by atoms with Crippen LogP contribution in [0.2, 0.25) is 0 Å². The largest absolute Gasteiger partial charge is 0.462 e. The molecule has 4 fully saturated rings. The molecule has 2 saturated heterocycles. The SMILES string of the molecule is C=C1C(=O)O[C@H]2[C@H]1CC[C@@](C)(O)[C@@]13C=C[C@](C)([C@H]21)C1(C3)C(=O)O[C@@H]2[C@H]3C(C)=CC(=O)C3=C(C)C[C@H](OC(=O)CC(C)C)[C@H]21. The molecule has 7 rings (SSSR count). The van der Waals surface area contributed by atoms with Crippen molar-refractivity contribution in [3.8, 4) is 0 Å². The van der Waals surface area contributed by atoms with E-state index in [2.05, 4.69) is 12.7 Å². The molecule has 8 heteroatoms. The van der Waals surface area contributed by atoms with Crippen LogP contribution in [-0.4, -0.2) is 52.7 Å². The Morgan fingerprint density at radius 2 is 1.86 bits per heavy atom. The molecule has 0 amide bonds. The van der Waals surface area contributed by atoms with E-state index in [1.54, 1.807) is 6.08 Å². The van der Waals surface area contributed by atoms with E-state index in [-0.39, 0.29) is 36.4 Å². The molecule has 230 valence electrons. The Balaban J connectivity index is 1.42. The maximum atomic E-state index is 14.7. The zero-order valence-corrected chi connectivity index (χ0v) is 25.9. The summed E-state index contributed by atoms with van der Waals surface area (Å²) in [5.41, 5.74) is -1.47. The second kappa shape index (κ2) is 8.80. The molecule has 0 aromatic rings. The van der Waals surface area contributed by atoms with Gasteiger partial charge in [-0.25, -0.2) is 4.79 Å². The first kappa shape index (κ1) is 28.8. The number of carbonyl (C=O) groups excluding carboxylic acids is 4. The topological polar surface area (TPSA) is 116 Å². The average molecular weight is 591 g/mol. The highest BCUT2D eigenvalue weighted by molar-refractivity contribution is 6.09. The Bertz CT molecular complexity index is 1480. The molecule has 0 aromatic heterocycles. The van der Waals surface area contributed by atoms with Crippen LogP contribution in [0.25, 0.3) is 0 Å². The van der Waals surface area contributed by atoms with E-state index in [0.717, 1.165) is 11.1 Å². The summed E-state index contributed by atoms with van der Waals surface area (Å²) >= 11 is 0. The van der Waals surface area contributed by atoms with E-state index in [1.807, 2.05) is 47.6 Å². The molecular weight excluding hydrogens is 548 g/mol. The first-order chi connectivity index (χ1) is 20.1. The molecule has 2 aliphatic heterocycles. The van der Waals surface area contributed by atoms with E-state index in [4.69, 9.17) is 14.2 Å². The van der Waals surface area contributed by atoms with Crippen LogP contribution in [0.5, 0.6) is 0 Å². The number of ketones is 1. The minimum absolute atomic E-state index is 0.0840. The summed E-state index contributed by atoms with van der Waals surface area (Å²) < 4.78 is 18.8. The summed E-state index contributed by atoms with van der Waals surface area (Å²) in [6.07, 6.45) is 5.52. The van der Waals surface area contributed by atoms with Gasteiger partial charge in [0.15, 0.2) is 5.78 Å². The lowest BCUT2D eigenvalue weighted by molar-refractivity contribution is -0.162. The van der Waals surface area contributed by atoms with Crippen LogP contribution in [0.1, 0.15) is 73.6 Å². The van der Waals surface area contributed by atoms with Crippen molar-refractivity contribution in [3.05, 3.63) is 47.1 Å².